The van der Waals surface area contributed by atoms with E-state index < -0.39 is 0 Å². The van der Waals surface area contributed by atoms with E-state index in [4.69, 9.17) is 4.74 Å². The number of hydrogen-bond acceptors (Lipinski definition) is 6. The third kappa shape index (κ3) is 4.62. The molecule has 0 spiro atoms. The van der Waals surface area contributed by atoms with Crippen LogP contribution in [0.15, 0.2) is 30.3 Å². The molecule has 9 nitrogen and oxygen atoms in total. The summed E-state index contributed by atoms with van der Waals surface area (Å²) in [6.07, 6.45) is 5.24. The van der Waals surface area contributed by atoms with Gasteiger partial charge in [0.05, 0.1) is 12.7 Å². The van der Waals surface area contributed by atoms with Gasteiger partial charge in [0.25, 0.3) is 5.91 Å². The van der Waals surface area contributed by atoms with Gasteiger partial charge in [0.2, 0.25) is 5.91 Å². The van der Waals surface area contributed by atoms with Crippen LogP contribution in [0.1, 0.15) is 59.9 Å². The van der Waals surface area contributed by atoms with Crippen LogP contribution in [-0.2, 0) is 30.7 Å². The van der Waals surface area contributed by atoms with Crippen LogP contribution in [0.5, 0.6) is 5.75 Å². The molecule has 1 aromatic carbocycles. The van der Waals surface area contributed by atoms with Gasteiger partial charge in [-0.2, -0.15) is 0 Å². The van der Waals surface area contributed by atoms with E-state index in [-0.39, 0.29) is 11.8 Å². The van der Waals surface area contributed by atoms with E-state index in [0.717, 1.165) is 61.4 Å². The number of nitrogens with zero attached hydrogens (tertiary/aromatic N) is 5. The average Bonchev–Trinajstić information content (AvgIpc) is 3.32. The first kappa shape index (κ1) is 23.0. The maximum atomic E-state index is 13.3. The number of carbonyl (C=O) groups is 2. The zero-order valence-corrected chi connectivity index (χ0v) is 20.2. The van der Waals surface area contributed by atoms with Crippen LogP contribution in [0, 0.1) is 0 Å². The fraction of sp³-hybridized carbons (Fsp3) is 0.423. The Morgan fingerprint density at radius 3 is 2.80 bits per heavy atom. The molecular weight excluding hydrogens is 444 g/mol. The lowest BCUT2D eigenvalue weighted by Gasteiger charge is -2.29. The number of methoxy groups -OCH3 is 1. The third-order valence-corrected chi connectivity index (χ3v) is 6.67. The molecule has 35 heavy (non-hydrogen) atoms. The molecule has 0 aliphatic carbocycles. The molecule has 0 atom stereocenters. The quantitative estimate of drug-likeness (QED) is 0.585. The number of rotatable bonds is 6. The molecule has 2 aromatic heterocycles. The number of nitrogens with one attached hydrogen (secondary N) is 1. The monoisotopic (exact) mass is 474 g/mol. The molecular formula is C26H30N6O3. The molecule has 5 rings (SSSR count). The van der Waals surface area contributed by atoms with E-state index in [1.807, 2.05) is 36.1 Å². The molecule has 0 saturated heterocycles. The molecule has 182 valence electrons. The zero-order valence-electron chi connectivity index (χ0n) is 20.2. The molecule has 2 amide bonds. The summed E-state index contributed by atoms with van der Waals surface area (Å²) in [5, 5.41) is 11.6. The first-order valence-electron chi connectivity index (χ1n) is 12.3. The second kappa shape index (κ2) is 9.85. The Kier molecular flexibility index (Phi) is 6.48. The van der Waals surface area contributed by atoms with E-state index >= 15 is 0 Å². The number of carbonyl (C=O) groups excluding carboxylic acids is 2. The Bertz CT molecular complexity index is 1270. The van der Waals surface area contributed by atoms with E-state index in [1.165, 1.54) is 0 Å². The SMILES string of the molecule is CCCC(=O)N1CCc2cc(OC)c(C(=O)Nc3cccc(-c4nnc5n4CCCC5)n3)cc2C1. The highest BCUT2D eigenvalue weighted by Gasteiger charge is 2.24. The van der Waals surface area contributed by atoms with Crippen molar-refractivity contribution >= 4 is 17.6 Å². The summed E-state index contributed by atoms with van der Waals surface area (Å²) >= 11 is 0. The van der Waals surface area contributed by atoms with Gasteiger partial charge in [-0.15, -0.1) is 10.2 Å². The van der Waals surface area contributed by atoms with Crippen molar-refractivity contribution in [1.29, 1.82) is 0 Å². The summed E-state index contributed by atoms with van der Waals surface area (Å²) < 4.78 is 7.65. The molecule has 2 aliphatic heterocycles. The van der Waals surface area contributed by atoms with Crippen molar-refractivity contribution in [3.05, 3.63) is 52.8 Å². The molecule has 0 fully saturated rings. The Morgan fingerprint density at radius 1 is 1.09 bits per heavy atom. The first-order chi connectivity index (χ1) is 17.1. The maximum Gasteiger partial charge on any atom is 0.260 e. The van der Waals surface area contributed by atoms with Crippen molar-refractivity contribution in [1.82, 2.24) is 24.6 Å². The fourth-order valence-electron chi connectivity index (χ4n) is 4.83. The Balaban J connectivity index is 1.38. The Labute approximate surface area is 204 Å². The minimum Gasteiger partial charge on any atom is -0.496 e. The van der Waals surface area contributed by atoms with Crippen LogP contribution in [0.4, 0.5) is 5.82 Å². The predicted molar refractivity (Wildman–Crippen MR) is 131 cm³/mol. The largest absolute Gasteiger partial charge is 0.496 e. The summed E-state index contributed by atoms with van der Waals surface area (Å²) in [7, 11) is 1.56. The summed E-state index contributed by atoms with van der Waals surface area (Å²) in [5.74, 6) is 2.48. The number of aromatic nitrogens is 4. The van der Waals surface area contributed by atoms with E-state index in [0.29, 0.717) is 42.3 Å². The Morgan fingerprint density at radius 2 is 1.97 bits per heavy atom. The van der Waals surface area contributed by atoms with E-state index in [1.54, 1.807) is 13.2 Å². The van der Waals surface area contributed by atoms with Gasteiger partial charge in [-0.3, -0.25) is 9.59 Å². The van der Waals surface area contributed by atoms with Crippen LogP contribution >= 0.6 is 0 Å². The van der Waals surface area contributed by atoms with Crippen molar-refractivity contribution in [2.45, 2.75) is 58.5 Å². The smallest absolute Gasteiger partial charge is 0.260 e. The second-order valence-electron chi connectivity index (χ2n) is 9.05. The van der Waals surface area contributed by atoms with Crippen molar-refractivity contribution in [2.24, 2.45) is 0 Å². The fourth-order valence-corrected chi connectivity index (χ4v) is 4.83. The molecule has 9 heteroatoms. The lowest BCUT2D eigenvalue weighted by Crippen LogP contribution is -2.36. The number of fused-ring (bicyclic) bond motifs is 2. The van der Waals surface area contributed by atoms with Gasteiger partial charge in [0.15, 0.2) is 5.82 Å². The number of benzene rings is 1. The molecule has 0 bridgehead atoms. The Hall–Kier alpha value is -3.75. The van der Waals surface area contributed by atoms with Crippen molar-refractivity contribution < 1.29 is 14.3 Å². The van der Waals surface area contributed by atoms with E-state index in [2.05, 4.69) is 25.1 Å². The zero-order chi connectivity index (χ0) is 24.4. The lowest BCUT2D eigenvalue weighted by molar-refractivity contribution is -0.132. The highest BCUT2D eigenvalue weighted by Crippen LogP contribution is 2.29. The second-order valence-corrected chi connectivity index (χ2v) is 9.05. The molecule has 0 saturated carbocycles. The minimum absolute atomic E-state index is 0.150. The third-order valence-electron chi connectivity index (χ3n) is 6.67. The highest BCUT2D eigenvalue weighted by atomic mass is 16.5. The van der Waals surface area contributed by atoms with Crippen LogP contribution < -0.4 is 10.1 Å². The van der Waals surface area contributed by atoms with Gasteiger partial charge in [-0.05, 0) is 61.1 Å². The van der Waals surface area contributed by atoms with Gasteiger partial charge in [-0.25, -0.2) is 4.98 Å². The van der Waals surface area contributed by atoms with Gasteiger partial charge in [-0.1, -0.05) is 13.0 Å². The van der Waals surface area contributed by atoms with Crippen molar-refractivity contribution in [3.8, 4) is 17.3 Å². The summed E-state index contributed by atoms with van der Waals surface area (Å²) in [5.41, 5.74) is 3.17. The topological polar surface area (TPSA) is 102 Å². The number of amides is 2. The standard InChI is InChI=1S/C26H30N6O3/c1-3-7-24(33)31-13-11-17-15-21(35-2)19(14-18(17)16-31)26(34)28-22-9-6-8-20(27-22)25-30-29-23-10-4-5-12-32(23)25/h6,8-9,14-15H,3-5,7,10-13,16H2,1-2H3,(H,27,28,34). The average molecular weight is 475 g/mol. The van der Waals surface area contributed by atoms with Crippen LogP contribution in [0.2, 0.25) is 0 Å². The van der Waals surface area contributed by atoms with Gasteiger partial charge in [0.1, 0.15) is 23.1 Å². The molecule has 3 aromatic rings. The summed E-state index contributed by atoms with van der Waals surface area (Å²) in [6.45, 7) is 4.07. The molecule has 0 radical (unpaired) electrons. The minimum atomic E-state index is -0.311. The van der Waals surface area contributed by atoms with Gasteiger partial charge in [0, 0.05) is 32.5 Å². The normalized spacial score (nSPS) is 14.7. The van der Waals surface area contributed by atoms with E-state index in [9.17, 15) is 9.59 Å². The maximum absolute atomic E-state index is 13.3. The van der Waals surface area contributed by atoms with Crippen LogP contribution in [0.3, 0.4) is 0 Å². The van der Waals surface area contributed by atoms with Crippen molar-refractivity contribution in [2.75, 3.05) is 19.0 Å². The molecule has 4 heterocycles. The number of hydrogen-bond donors (Lipinski definition) is 1. The number of ether oxygens (including phenoxy) is 1. The number of anilines is 1. The predicted octanol–water partition coefficient (Wildman–Crippen LogP) is 3.62. The summed E-state index contributed by atoms with van der Waals surface area (Å²) in [6, 6.07) is 9.24. The first-order valence-corrected chi connectivity index (χ1v) is 12.3. The number of aryl methyl sites for hydroxylation is 1. The van der Waals surface area contributed by atoms with Gasteiger partial charge >= 0.3 is 0 Å². The lowest BCUT2D eigenvalue weighted by atomic mass is 9.96. The molecule has 1 N–H and O–H groups in total. The molecule has 0 unspecified atom stereocenters. The van der Waals surface area contributed by atoms with Crippen LogP contribution in [0.25, 0.3) is 11.5 Å². The van der Waals surface area contributed by atoms with Crippen LogP contribution in [-0.4, -0.2) is 50.1 Å². The van der Waals surface area contributed by atoms with Crippen molar-refractivity contribution in [3.63, 3.8) is 0 Å². The molecule has 2 aliphatic rings. The van der Waals surface area contributed by atoms with Gasteiger partial charge < -0.3 is 19.5 Å². The summed E-state index contributed by atoms with van der Waals surface area (Å²) in [4.78, 5) is 32.2. The highest BCUT2D eigenvalue weighted by molar-refractivity contribution is 6.06. The number of pyridine rings is 1.